The molecule has 2 amide bonds. The molecule has 4 aromatic rings. The first-order chi connectivity index (χ1) is 21.9. The molecule has 1 atom stereocenters. The van der Waals surface area contributed by atoms with Crippen LogP contribution in [0.3, 0.4) is 0 Å². The molecule has 0 spiro atoms. The highest BCUT2D eigenvalue weighted by Crippen LogP contribution is 2.38. The number of rotatable bonds is 13. The van der Waals surface area contributed by atoms with Crippen molar-refractivity contribution in [3.63, 3.8) is 0 Å². The zero-order chi connectivity index (χ0) is 33.3. The molecule has 12 heteroatoms. The van der Waals surface area contributed by atoms with Crippen molar-refractivity contribution in [3.8, 4) is 0 Å². The largest absolute Gasteiger partial charge is 0.417 e. The molecule has 242 valence electrons. The summed E-state index contributed by atoms with van der Waals surface area (Å²) in [6.07, 6.45) is -4.14. The van der Waals surface area contributed by atoms with E-state index < -0.39 is 56.9 Å². The maximum absolute atomic E-state index is 14.4. The average molecular weight is 672 g/mol. The van der Waals surface area contributed by atoms with Gasteiger partial charge in [0.2, 0.25) is 11.8 Å². The fourth-order valence-electron chi connectivity index (χ4n) is 4.83. The van der Waals surface area contributed by atoms with Gasteiger partial charge in [-0.1, -0.05) is 97.4 Å². The van der Waals surface area contributed by atoms with Crippen LogP contribution >= 0.6 is 11.6 Å². The molecule has 4 rings (SSSR count). The summed E-state index contributed by atoms with van der Waals surface area (Å²) in [5, 5.41) is 2.22. The van der Waals surface area contributed by atoms with E-state index in [2.05, 4.69) is 5.32 Å². The first-order valence-corrected chi connectivity index (χ1v) is 16.3. The average Bonchev–Trinajstić information content (AvgIpc) is 3.05. The molecular formula is C34H33ClF3N3O4S. The molecule has 1 unspecified atom stereocenters. The van der Waals surface area contributed by atoms with Crippen LogP contribution in [0.1, 0.15) is 30.0 Å². The quantitative estimate of drug-likeness (QED) is 0.171. The number of amides is 2. The van der Waals surface area contributed by atoms with Crippen molar-refractivity contribution in [2.45, 2.75) is 43.4 Å². The highest BCUT2D eigenvalue weighted by Gasteiger charge is 2.37. The van der Waals surface area contributed by atoms with Crippen molar-refractivity contribution >= 4 is 39.1 Å². The third-order valence-electron chi connectivity index (χ3n) is 7.17. The van der Waals surface area contributed by atoms with Crippen LogP contribution in [0.4, 0.5) is 18.9 Å². The fraction of sp³-hybridized carbons (Fsp3) is 0.235. The topological polar surface area (TPSA) is 86.8 Å². The van der Waals surface area contributed by atoms with Gasteiger partial charge in [-0.05, 0) is 47.9 Å². The Bertz CT molecular complexity index is 1730. The molecule has 0 radical (unpaired) electrons. The molecule has 0 aromatic heterocycles. The number of carbonyl (C=O) groups is 2. The lowest BCUT2D eigenvalue weighted by Crippen LogP contribution is -2.53. The van der Waals surface area contributed by atoms with Crippen LogP contribution in [0.5, 0.6) is 0 Å². The van der Waals surface area contributed by atoms with Crippen LogP contribution < -0.4 is 9.62 Å². The van der Waals surface area contributed by atoms with Crippen LogP contribution in [0.2, 0.25) is 5.02 Å². The lowest BCUT2D eigenvalue weighted by Gasteiger charge is -2.34. The maximum atomic E-state index is 14.4. The Kier molecular flexibility index (Phi) is 11.5. The van der Waals surface area contributed by atoms with Gasteiger partial charge in [-0.2, -0.15) is 13.2 Å². The van der Waals surface area contributed by atoms with Gasteiger partial charge in [0.1, 0.15) is 12.6 Å². The minimum Gasteiger partial charge on any atom is -0.354 e. The van der Waals surface area contributed by atoms with Gasteiger partial charge in [0.15, 0.2) is 0 Å². The summed E-state index contributed by atoms with van der Waals surface area (Å²) in [5.74, 6) is -1.24. The summed E-state index contributed by atoms with van der Waals surface area (Å²) in [6.45, 7) is 1.27. The summed E-state index contributed by atoms with van der Waals surface area (Å²) in [4.78, 5) is 29.0. The first kappa shape index (κ1) is 34.5. The SMILES string of the molecule is CCCNC(=O)C(Cc1ccccc1)N(Cc1ccccc1)C(=O)CN(c1ccc(Cl)c(C(F)(F)F)c1)S(=O)(=O)c1ccccc1. The number of carbonyl (C=O) groups excluding carboxylic acids is 2. The number of hydrogen-bond acceptors (Lipinski definition) is 4. The second-order valence-electron chi connectivity index (χ2n) is 10.5. The van der Waals surface area contributed by atoms with Crippen molar-refractivity contribution in [2.75, 3.05) is 17.4 Å². The number of sulfonamides is 1. The summed E-state index contributed by atoms with van der Waals surface area (Å²) >= 11 is 5.85. The van der Waals surface area contributed by atoms with Gasteiger partial charge in [-0.25, -0.2) is 8.42 Å². The van der Waals surface area contributed by atoms with E-state index in [0.717, 1.165) is 17.7 Å². The molecule has 4 aromatic carbocycles. The Labute approximate surface area is 271 Å². The fourth-order valence-corrected chi connectivity index (χ4v) is 6.49. The highest BCUT2D eigenvalue weighted by molar-refractivity contribution is 7.92. The number of benzene rings is 4. The molecule has 0 bridgehead atoms. The minimum atomic E-state index is -4.89. The standard InChI is InChI=1S/C34H33ClF3N3O4S/c1-2-20-39-33(43)31(21-25-12-6-3-7-13-25)40(23-26-14-8-4-9-15-26)32(42)24-41(46(44,45)28-16-10-5-11-17-28)27-18-19-30(35)29(22-27)34(36,37)38/h3-19,22,31H,2,20-21,23-24H2,1H3,(H,39,43). The normalized spacial score (nSPS) is 12.3. The Morgan fingerprint density at radius 1 is 0.848 bits per heavy atom. The number of nitrogens with zero attached hydrogens (tertiary/aromatic N) is 2. The molecule has 0 aliphatic rings. The van der Waals surface area contributed by atoms with Gasteiger partial charge >= 0.3 is 6.18 Å². The number of halogens is 4. The molecule has 0 heterocycles. The minimum absolute atomic E-state index is 0.0651. The van der Waals surface area contributed by atoms with Gasteiger partial charge in [-0.15, -0.1) is 0 Å². The summed E-state index contributed by atoms with van der Waals surface area (Å²) < 4.78 is 70.2. The van der Waals surface area contributed by atoms with E-state index in [0.29, 0.717) is 28.9 Å². The Morgan fingerprint density at radius 3 is 1.98 bits per heavy atom. The molecule has 0 saturated carbocycles. The zero-order valence-electron chi connectivity index (χ0n) is 25.0. The summed E-state index contributed by atoms with van der Waals surface area (Å²) in [7, 11) is -4.57. The van der Waals surface area contributed by atoms with Crippen LogP contribution in [0, 0.1) is 0 Å². The molecule has 0 aliphatic carbocycles. The zero-order valence-corrected chi connectivity index (χ0v) is 26.5. The van der Waals surface area contributed by atoms with E-state index in [1.807, 2.05) is 25.1 Å². The third kappa shape index (κ3) is 8.67. The van der Waals surface area contributed by atoms with Crippen molar-refractivity contribution in [2.24, 2.45) is 0 Å². The van der Waals surface area contributed by atoms with Crippen LogP contribution in [-0.4, -0.2) is 44.3 Å². The van der Waals surface area contributed by atoms with Crippen molar-refractivity contribution in [1.29, 1.82) is 0 Å². The third-order valence-corrected chi connectivity index (χ3v) is 9.29. The summed E-state index contributed by atoms with van der Waals surface area (Å²) in [6, 6.07) is 26.5. The van der Waals surface area contributed by atoms with E-state index in [4.69, 9.17) is 11.6 Å². The smallest absolute Gasteiger partial charge is 0.354 e. The Balaban J connectivity index is 1.83. The van der Waals surface area contributed by atoms with Gasteiger partial charge in [-0.3, -0.25) is 13.9 Å². The molecule has 1 N–H and O–H groups in total. The van der Waals surface area contributed by atoms with Crippen LogP contribution in [0.25, 0.3) is 0 Å². The van der Waals surface area contributed by atoms with Gasteiger partial charge in [0.05, 0.1) is 21.2 Å². The van der Waals surface area contributed by atoms with Crippen LogP contribution in [-0.2, 0) is 38.8 Å². The van der Waals surface area contributed by atoms with E-state index in [9.17, 15) is 31.2 Å². The molecule has 7 nitrogen and oxygen atoms in total. The predicted molar refractivity (Wildman–Crippen MR) is 172 cm³/mol. The molecule has 0 fully saturated rings. The monoisotopic (exact) mass is 671 g/mol. The first-order valence-electron chi connectivity index (χ1n) is 14.5. The van der Waals surface area contributed by atoms with Gasteiger partial charge in [0.25, 0.3) is 10.0 Å². The van der Waals surface area contributed by atoms with Gasteiger partial charge < -0.3 is 10.2 Å². The molecule has 46 heavy (non-hydrogen) atoms. The predicted octanol–water partition coefficient (Wildman–Crippen LogP) is 6.72. The number of nitrogens with one attached hydrogen (secondary N) is 1. The number of alkyl halides is 3. The second kappa shape index (κ2) is 15.3. The van der Waals surface area contributed by atoms with Gasteiger partial charge in [0, 0.05) is 19.5 Å². The number of anilines is 1. The van der Waals surface area contributed by atoms with Crippen molar-refractivity contribution in [1.82, 2.24) is 10.2 Å². The Morgan fingerprint density at radius 2 is 1.41 bits per heavy atom. The van der Waals surface area contributed by atoms with E-state index in [1.165, 1.54) is 29.2 Å². The van der Waals surface area contributed by atoms with Crippen molar-refractivity contribution < 1.29 is 31.2 Å². The van der Waals surface area contributed by atoms with Crippen LogP contribution in [0.15, 0.2) is 114 Å². The molecule has 0 saturated heterocycles. The molecular weight excluding hydrogens is 639 g/mol. The van der Waals surface area contributed by atoms with E-state index in [1.54, 1.807) is 48.5 Å². The lowest BCUT2D eigenvalue weighted by molar-refractivity contribution is -0.140. The maximum Gasteiger partial charge on any atom is 0.417 e. The lowest BCUT2D eigenvalue weighted by atomic mass is 10.0. The second-order valence-corrected chi connectivity index (χ2v) is 12.8. The summed E-state index contributed by atoms with van der Waals surface area (Å²) in [5.41, 5.74) is -0.245. The molecule has 0 aliphatic heterocycles. The Hall–Kier alpha value is -4.35. The highest BCUT2D eigenvalue weighted by atomic mass is 35.5. The van der Waals surface area contributed by atoms with Crippen molar-refractivity contribution in [3.05, 3.63) is 131 Å². The van der Waals surface area contributed by atoms with E-state index in [-0.39, 0.29) is 17.9 Å². The van der Waals surface area contributed by atoms with E-state index >= 15 is 0 Å². The number of hydrogen-bond donors (Lipinski definition) is 1.